The van der Waals surface area contributed by atoms with Crippen molar-refractivity contribution >= 4 is 36.3 Å². The van der Waals surface area contributed by atoms with E-state index in [9.17, 15) is 9.59 Å². The summed E-state index contributed by atoms with van der Waals surface area (Å²) in [6.45, 7) is 1.76. The van der Waals surface area contributed by atoms with Gasteiger partial charge in [0.05, 0.1) is 5.88 Å². The summed E-state index contributed by atoms with van der Waals surface area (Å²) in [5.74, 6) is 0.173. The number of carboxylic acid groups (broad SMARTS) is 1. The molecule has 14 heavy (non-hydrogen) atoms. The smallest absolute Gasteiger partial charge is 0.327 e. The maximum absolute atomic E-state index is 11.7. The van der Waals surface area contributed by atoms with Gasteiger partial charge in [0.2, 0.25) is 5.91 Å². The Hall–Kier alpha value is -0.360. The van der Waals surface area contributed by atoms with E-state index in [0.29, 0.717) is 17.4 Å². The number of hydrogen-bond acceptors (Lipinski definition) is 4. The highest BCUT2D eigenvalue weighted by atomic mass is 32.2. The lowest BCUT2D eigenvalue weighted by atomic mass is 10.1. The van der Waals surface area contributed by atoms with Gasteiger partial charge in [0.25, 0.3) is 0 Å². The van der Waals surface area contributed by atoms with Crippen LogP contribution in [0.3, 0.4) is 0 Å². The zero-order valence-corrected chi connectivity index (χ0v) is 9.55. The van der Waals surface area contributed by atoms with Gasteiger partial charge < -0.3 is 10.0 Å². The third-order valence-corrected chi connectivity index (χ3v) is 3.71. The molecule has 0 aromatic heterocycles. The number of carbonyl (C=O) groups is 2. The van der Waals surface area contributed by atoms with Gasteiger partial charge in [0.1, 0.15) is 6.04 Å². The number of rotatable bonds is 3. The summed E-state index contributed by atoms with van der Waals surface area (Å²) in [5.41, 5.74) is 0. The van der Waals surface area contributed by atoms with E-state index in [2.05, 4.69) is 12.6 Å². The first-order valence-electron chi connectivity index (χ1n) is 4.29. The molecule has 0 radical (unpaired) electrons. The quantitative estimate of drug-likeness (QED) is 0.701. The van der Waals surface area contributed by atoms with E-state index in [-0.39, 0.29) is 11.8 Å². The van der Waals surface area contributed by atoms with E-state index in [1.165, 1.54) is 16.7 Å². The van der Waals surface area contributed by atoms with Crippen molar-refractivity contribution in [3.8, 4) is 0 Å². The summed E-state index contributed by atoms with van der Waals surface area (Å²) >= 11 is 5.50. The summed E-state index contributed by atoms with van der Waals surface area (Å²) in [6.07, 6.45) is 0. The minimum atomic E-state index is -0.922. The second-order valence-corrected chi connectivity index (χ2v) is 4.61. The molecule has 80 valence electrons. The molecule has 1 amide bonds. The lowest BCUT2D eigenvalue weighted by Gasteiger charge is -2.23. The van der Waals surface area contributed by atoms with E-state index in [0.717, 1.165) is 0 Å². The number of carboxylic acids is 1. The molecule has 4 nitrogen and oxygen atoms in total. The summed E-state index contributed by atoms with van der Waals surface area (Å²) in [4.78, 5) is 23.9. The Balaban J connectivity index is 2.67. The molecule has 1 N–H and O–H groups in total. The fourth-order valence-electron chi connectivity index (χ4n) is 1.23. The van der Waals surface area contributed by atoms with Gasteiger partial charge in [-0.25, -0.2) is 4.79 Å². The first kappa shape index (κ1) is 11.7. The summed E-state index contributed by atoms with van der Waals surface area (Å²) in [6, 6.07) is -0.658. The molecule has 1 heterocycles. The normalized spacial score (nSPS) is 23.6. The van der Waals surface area contributed by atoms with Crippen LogP contribution < -0.4 is 0 Å². The van der Waals surface area contributed by atoms with Gasteiger partial charge in [0.15, 0.2) is 0 Å². The van der Waals surface area contributed by atoms with E-state index >= 15 is 0 Å². The molecule has 1 rings (SSSR count). The summed E-state index contributed by atoms with van der Waals surface area (Å²) in [5, 5.41) is 8.86. The molecule has 6 heteroatoms. The van der Waals surface area contributed by atoms with Crippen LogP contribution >= 0.6 is 24.4 Å². The lowest BCUT2D eigenvalue weighted by Crippen LogP contribution is -2.44. The van der Waals surface area contributed by atoms with Crippen LogP contribution in [0.25, 0.3) is 0 Å². The van der Waals surface area contributed by atoms with Gasteiger partial charge in [-0.05, 0) is 0 Å². The summed E-state index contributed by atoms with van der Waals surface area (Å²) < 4.78 is 0. The maximum atomic E-state index is 11.7. The van der Waals surface area contributed by atoms with Crippen LogP contribution in [-0.2, 0) is 9.59 Å². The molecule has 1 saturated heterocycles. The third-order valence-electron chi connectivity index (χ3n) is 2.15. The van der Waals surface area contributed by atoms with Crippen molar-refractivity contribution in [2.75, 3.05) is 17.4 Å². The number of aliphatic carboxylic acids is 1. The van der Waals surface area contributed by atoms with E-state index in [1.807, 2.05) is 0 Å². The minimum absolute atomic E-state index is 0.114. The van der Waals surface area contributed by atoms with Crippen molar-refractivity contribution in [3.63, 3.8) is 0 Å². The second-order valence-electron chi connectivity index (χ2n) is 3.25. The molecule has 0 spiro atoms. The Morgan fingerprint density at radius 3 is 2.86 bits per heavy atom. The minimum Gasteiger partial charge on any atom is -0.480 e. The molecule has 0 saturated carbocycles. The van der Waals surface area contributed by atoms with Gasteiger partial charge in [-0.1, -0.05) is 6.92 Å². The predicted octanol–water partition coefficient (Wildman–Crippen LogP) is 0.538. The highest BCUT2D eigenvalue weighted by Gasteiger charge is 2.35. The highest BCUT2D eigenvalue weighted by molar-refractivity contribution is 7.99. The number of carbonyl (C=O) groups excluding carboxylic acids is 1. The zero-order valence-electron chi connectivity index (χ0n) is 7.84. The molecule has 1 fully saturated rings. The summed E-state index contributed by atoms with van der Waals surface area (Å²) in [7, 11) is 0. The molecule has 0 aromatic rings. The van der Waals surface area contributed by atoms with Gasteiger partial charge in [-0.3, -0.25) is 4.79 Å². The van der Waals surface area contributed by atoms with Crippen LogP contribution in [0.5, 0.6) is 0 Å². The monoisotopic (exact) mass is 235 g/mol. The lowest BCUT2D eigenvalue weighted by molar-refractivity contribution is -0.148. The fraction of sp³-hybridized carbons (Fsp3) is 0.750. The van der Waals surface area contributed by atoms with Crippen molar-refractivity contribution in [1.82, 2.24) is 4.90 Å². The molecule has 0 aromatic carbocycles. The van der Waals surface area contributed by atoms with Gasteiger partial charge >= 0.3 is 5.97 Å². The molecule has 2 atom stereocenters. The largest absolute Gasteiger partial charge is 0.480 e. The molecule has 1 aliphatic rings. The molecule has 1 aliphatic heterocycles. The van der Waals surface area contributed by atoms with E-state index < -0.39 is 12.0 Å². The number of amides is 1. The Morgan fingerprint density at radius 2 is 2.36 bits per heavy atom. The molecule has 0 aliphatic carbocycles. The SMILES string of the molecule is CC(CS)C(=O)N1CSC[C@H]1C(=O)O. The van der Waals surface area contributed by atoms with Gasteiger partial charge in [0, 0.05) is 17.4 Å². The van der Waals surface area contributed by atoms with Crippen molar-refractivity contribution < 1.29 is 14.7 Å². The van der Waals surface area contributed by atoms with Crippen LogP contribution in [0, 0.1) is 5.92 Å². The zero-order chi connectivity index (χ0) is 10.7. The second kappa shape index (κ2) is 4.93. The van der Waals surface area contributed by atoms with Crippen molar-refractivity contribution in [2.45, 2.75) is 13.0 Å². The standard InChI is InChI=1S/C8H13NO3S2/c1-5(2-13)7(10)9-4-14-3-6(9)8(11)12/h5-6,13H,2-4H2,1H3,(H,11,12)/t5?,6-/m0/s1. The Labute approximate surface area is 92.4 Å². The highest BCUT2D eigenvalue weighted by Crippen LogP contribution is 2.23. The number of thioether (sulfide) groups is 1. The average Bonchev–Trinajstić information content (AvgIpc) is 2.63. The van der Waals surface area contributed by atoms with Gasteiger partial charge in [-0.15, -0.1) is 11.8 Å². The predicted molar refractivity (Wildman–Crippen MR) is 58.6 cm³/mol. The topological polar surface area (TPSA) is 57.6 Å². The van der Waals surface area contributed by atoms with Crippen molar-refractivity contribution in [1.29, 1.82) is 0 Å². The number of hydrogen-bond donors (Lipinski definition) is 2. The average molecular weight is 235 g/mol. The third kappa shape index (κ3) is 2.36. The van der Waals surface area contributed by atoms with Crippen LogP contribution in [0.1, 0.15) is 6.92 Å². The number of thiol groups is 1. The molecule has 0 bridgehead atoms. The van der Waals surface area contributed by atoms with Crippen LogP contribution in [0.2, 0.25) is 0 Å². The Morgan fingerprint density at radius 1 is 1.71 bits per heavy atom. The molecule has 1 unspecified atom stereocenters. The Bertz CT molecular complexity index is 247. The Kier molecular flexibility index (Phi) is 4.12. The van der Waals surface area contributed by atoms with Crippen LogP contribution in [-0.4, -0.2) is 45.3 Å². The first-order valence-corrected chi connectivity index (χ1v) is 6.08. The van der Waals surface area contributed by atoms with E-state index in [1.54, 1.807) is 6.92 Å². The number of nitrogens with zero attached hydrogens (tertiary/aromatic N) is 1. The molecular weight excluding hydrogens is 222 g/mol. The maximum Gasteiger partial charge on any atom is 0.327 e. The van der Waals surface area contributed by atoms with Crippen molar-refractivity contribution in [2.24, 2.45) is 5.92 Å². The van der Waals surface area contributed by atoms with Crippen molar-refractivity contribution in [3.05, 3.63) is 0 Å². The van der Waals surface area contributed by atoms with Crippen LogP contribution in [0.4, 0.5) is 0 Å². The van der Waals surface area contributed by atoms with Crippen LogP contribution in [0.15, 0.2) is 0 Å². The van der Waals surface area contributed by atoms with E-state index in [4.69, 9.17) is 5.11 Å². The van der Waals surface area contributed by atoms with Gasteiger partial charge in [-0.2, -0.15) is 12.6 Å². The first-order chi connectivity index (χ1) is 6.57. The molecular formula is C8H13NO3S2. The fourth-order valence-corrected chi connectivity index (χ4v) is 2.54.